The molecule has 1 aromatic heterocycles. The van der Waals surface area contributed by atoms with Gasteiger partial charge in [-0.1, -0.05) is 15.9 Å². The van der Waals surface area contributed by atoms with E-state index in [1.54, 1.807) is 12.1 Å². The molecule has 0 aliphatic carbocycles. The first-order chi connectivity index (χ1) is 6.61. The number of hydrogen-bond acceptors (Lipinski definition) is 1. The number of hydrogen-bond donors (Lipinski definition) is 1. The van der Waals surface area contributed by atoms with E-state index in [4.69, 9.17) is 0 Å². The Balaban J connectivity index is 2.77. The first-order valence-electron chi connectivity index (χ1n) is 4.02. The number of alkyl halides is 2. The van der Waals surface area contributed by atoms with E-state index in [1.807, 2.05) is 6.92 Å². The Kier molecular flexibility index (Phi) is 2.26. The fourth-order valence-electron chi connectivity index (χ4n) is 1.38. The number of benzene rings is 1. The molecular formula is C9H7BrF2N2. The third-order valence-electron chi connectivity index (χ3n) is 2.16. The fraction of sp³-hybridized carbons (Fsp3) is 0.222. The summed E-state index contributed by atoms with van der Waals surface area (Å²) in [6.45, 7) is 1.84. The van der Waals surface area contributed by atoms with Crippen LogP contribution in [0.15, 0.2) is 16.6 Å². The fourth-order valence-corrected chi connectivity index (χ4v) is 1.70. The normalized spacial score (nSPS) is 11.5. The second-order valence-corrected chi connectivity index (χ2v) is 3.86. The summed E-state index contributed by atoms with van der Waals surface area (Å²) < 4.78 is 25.8. The number of nitrogens with one attached hydrogen (secondary N) is 1. The standard InChI is InChI=1S/C9H7BrF2N2/c1-4-6(10)3-2-5-7(4)13-14-8(5)9(11)12/h2-3,9H,1H3,(H,13,14). The van der Waals surface area contributed by atoms with Crippen LogP contribution in [0.3, 0.4) is 0 Å². The van der Waals surface area contributed by atoms with Crippen LogP contribution < -0.4 is 0 Å². The van der Waals surface area contributed by atoms with Gasteiger partial charge in [-0.25, -0.2) is 8.78 Å². The summed E-state index contributed by atoms with van der Waals surface area (Å²) in [5, 5.41) is 6.71. The Labute approximate surface area is 87.4 Å². The second kappa shape index (κ2) is 3.31. The predicted molar refractivity (Wildman–Crippen MR) is 53.5 cm³/mol. The van der Waals surface area contributed by atoms with Crippen LogP contribution in [0.5, 0.6) is 0 Å². The van der Waals surface area contributed by atoms with Crippen LogP contribution in [0.2, 0.25) is 0 Å². The second-order valence-electron chi connectivity index (χ2n) is 3.01. The molecule has 1 heterocycles. The quantitative estimate of drug-likeness (QED) is 0.835. The summed E-state index contributed by atoms with van der Waals surface area (Å²) in [5.74, 6) is 0. The summed E-state index contributed by atoms with van der Waals surface area (Å²) in [6, 6.07) is 3.39. The van der Waals surface area contributed by atoms with Crippen LogP contribution in [-0.4, -0.2) is 10.2 Å². The maximum Gasteiger partial charge on any atom is 0.280 e. The Bertz CT molecular complexity index is 479. The maximum absolute atomic E-state index is 12.5. The summed E-state index contributed by atoms with van der Waals surface area (Å²) >= 11 is 3.32. The zero-order valence-corrected chi connectivity index (χ0v) is 8.90. The number of aryl methyl sites for hydroxylation is 1. The van der Waals surface area contributed by atoms with Gasteiger partial charge in [0, 0.05) is 9.86 Å². The Morgan fingerprint density at radius 3 is 2.79 bits per heavy atom. The van der Waals surface area contributed by atoms with Gasteiger partial charge in [0.1, 0.15) is 5.69 Å². The first kappa shape index (κ1) is 9.58. The highest BCUT2D eigenvalue weighted by Gasteiger charge is 2.16. The highest BCUT2D eigenvalue weighted by Crippen LogP contribution is 2.30. The lowest BCUT2D eigenvalue weighted by Crippen LogP contribution is -1.84. The van der Waals surface area contributed by atoms with Gasteiger partial charge < -0.3 is 0 Å². The van der Waals surface area contributed by atoms with E-state index < -0.39 is 6.43 Å². The molecule has 2 aromatic rings. The van der Waals surface area contributed by atoms with Crippen LogP contribution in [0.25, 0.3) is 10.9 Å². The molecule has 0 bridgehead atoms. The topological polar surface area (TPSA) is 28.7 Å². The largest absolute Gasteiger partial charge is 0.280 e. The van der Waals surface area contributed by atoms with Gasteiger partial charge >= 0.3 is 0 Å². The van der Waals surface area contributed by atoms with Crippen molar-refractivity contribution < 1.29 is 8.78 Å². The smallest absolute Gasteiger partial charge is 0.276 e. The zero-order chi connectivity index (χ0) is 10.3. The first-order valence-corrected chi connectivity index (χ1v) is 4.81. The highest BCUT2D eigenvalue weighted by molar-refractivity contribution is 9.10. The molecule has 0 amide bonds. The number of aromatic amines is 1. The van der Waals surface area contributed by atoms with Gasteiger partial charge in [-0.15, -0.1) is 0 Å². The summed E-state index contributed by atoms with van der Waals surface area (Å²) in [4.78, 5) is 0. The van der Waals surface area contributed by atoms with E-state index in [-0.39, 0.29) is 5.69 Å². The molecule has 0 spiro atoms. The van der Waals surface area contributed by atoms with Crippen molar-refractivity contribution in [1.82, 2.24) is 10.2 Å². The molecule has 0 radical (unpaired) electrons. The molecule has 0 aliphatic heterocycles. The minimum Gasteiger partial charge on any atom is -0.276 e. The van der Waals surface area contributed by atoms with E-state index in [0.717, 1.165) is 10.0 Å². The van der Waals surface area contributed by atoms with Crippen LogP contribution in [0.1, 0.15) is 17.7 Å². The summed E-state index contributed by atoms with van der Waals surface area (Å²) in [7, 11) is 0. The van der Waals surface area contributed by atoms with Crippen LogP contribution >= 0.6 is 15.9 Å². The number of halogens is 3. The zero-order valence-electron chi connectivity index (χ0n) is 7.31. The number of nitrogens with zero attached hydrogens (tertiary/aromatic N) is 1. The van der Waals surface area contributed by atoms with Crippen LogP contribution in [0, 0.1) is 6.92 Å². The van der Waals surface area contributed by atoms with Crippen molar-refractivity contribution in [2.45, 2.75) is 13.3 Å². The van der Waals surface area contributed by atoms with Gasteiger partial charge in [-0.3, -0.25) is 5.10 Å². The molecule has 14 heavy (non-hydrogen) atoms. The number of aromatic nitrogens is 2. The van der Waals surface area contributed by atoms with E-state index >= 15 is 0 Å². The Morgan fingerprint density at radius 1 is 1.43 bits per heavy atom. The van der Waals surface area contributed by atoms with Crippen molar-refractivity contribution >= 4 is 26.8 Å². The molecule has 2 nitrogen and oxygen atoms in total. The van der Waals surface area contributed by atoms with E-state index in [9.17, 15) is 8.78 Å². The lowest BCUT2D eigenvalue weighted by Gasteiger charge is -1.99. The monoisotopic (exact) mass is 260 g/mol. The van der Waals surface area contributed by atoms with Crippen molar-refractivity contribution in [3.8, 4) is 0 Å². The Hall–Kier alpha value is -0.970. The number of fused-ring (bicyclic) bond motifs is 1. The number of rotatable bonds is 1. The van der Waals surface area contributed by atoms with Gasteiger partial charge in [0.05, 0.1) is 5.52 Å². The Morgan fingerprint density at radius 2 is 2.14 bits per heavy atom. The average molecular weight is 261 g/mol. The SMILES string of the molecule is Cc1c(Br)ccc2c(C(F)F)[nH]nc12. The third kappa shape index (κ3) is 1.32. The summed E-state index contributed by atoms with van der Waals surface area (Å²) in [6.07, 6.45) is -2.51. The average Bonchev–Trinajstić information content (AvgIpc) is 2.55. The molecule has 2 rings (SSSR count). The van der Waals surface area contributed by atoms with E-state index in [0.29, 0.717) is 10.9 Å². The molecular weight excluding hydrogens is 254 g/mol. The molecule has 0 saturated heterocycles. The summed E-state index contributed by atoms with van der Waals surface area (Å²) in [5.41, 5.74) is 1.34. The molecule has 1 N–H and O–H groups in total. The van der Waals surface area contributed by atoms with Crippen LogP contribution in [0.4, 0.5) is 8.78 Å². The van der Waals surface area contributed by atoms with E-state index in [2.05, 4.69) is 26.1 Å². The predicted octanol–water partition coefficient (Wildman–Crippen LogP) is 3.57. The minimum atomic E-state index is -2.51. The van der Waals surface area contributed by atoms with Crippen molar-refractivity contribution in [2.24, 2.45) is 0 Å². The molecule has 74 valence electrons. The minimum absolute atomic E-state index is 0.115. The molecule has 0 saturated carbocycles. The molecule has 5 heteroatoms. The third-order valence-corrected chi connectivity index (χ3v) is 3.02. The highest BCUT2D eigenvalue weighted by atomic mass is 79.9. The molecule has 1 aromatic carbocycles. The lowest BCUT2D eigenvalue weighted by atomic mass is 10.1. The van der Waals surface area contributed by atoms with Gasteiger partial charge in [-0.2, -0.15) is 5.10 Å². The van der Waals surface area contributed by atoms with Gasteiger partial charge in [-0.05, 0) is 24.6 Å². The number of H-pyrrole nitrogens is 1. The molecule has 0 atom stereocenters. The van der Waals surface area contributed by atoms with Crippen molar-refractivity contribution in [3.63, 3.8) is 0 Å². The van der Waals surface area contributed by atoms with Gasteiger partial charge in [0.2, 0.25) is 0 Å². The van der Waals surface area contributed by atoms with E-state index in [1.165, 1.54) is 0 Å². The maximum atomic E-state index is 12.5. The molecule has 0 aliphatic rings. The molecule has 0 unspecified atom stereocenters. The van der Waals surface area contributed by atoms with Crippen LogP contribution in [-0.2, 0) is 0 Å². The van der Waals surface area contributed by atoms with Crippen molar-refractivity contribution in [3.05, 3.63) is 27.9 Å². The van der Waals surface area contributed by atoms with Gasteiger partial charge in [0.25, 0.3) is 6.43 Å². The lowest BCUT2D eigenvalue weighted by molar-refractivity contribution is 0.147. The van der Waals surface area contributed by atoms with Gasteiger partial charge in [0.15, 0.2) is 0 Å². The van der Waals surface area contributed by atoms with Crippen molar-refractivity contribution in [1.29, 1.82) is 0 Å². The molecule has 0 fully saturated rings. The van der Waals surface area contributed by atoms with Crippen molar-refractivity contribution in [2.75, 3.05) is 0 Å².